The zero-order valence-corrected chi connectivity index (χ0v) is 16.3. The molecule has 2 aliphatic heterocycles. The topological polar surface area (TPSA) is 100 Å². The van der Waals surface area contributed by atoms with Crippen LogP contribution >= 0.6 is 0 Å². The maximum absolute atomic E-state index is 12.7. The van der Waals surface area contributed by atoms with Crippen LogP contribution < -0.4 is 10.7 Å². The van der Waals surface area contributed by atoms with Gasteiger partial charge in [-0.3, -0.25) is 4.79 Å². The number of rotatable bonds is 5. The van der Waals surface area contributed by atoms with E-state index in [0.717, 1.165) is 31.6 Å². The number of amides is 1. The van der Waals surface area contributed by atoms with Crippen molar-refractivity contribution < 1.29 is 17.9 Å². The quantitative estimate of drug-likeness (QED) is 0.569. The van der Waals surface area contributed by atoms with E-state index >= 15 is 0 Å². The maximum Gasteiger partial charge on any atom is 0.271 e. The molecule has 1 unspecified atom stereocenters. The summed E-state index contributed by atoms with van der Waals surface area (Å²) >= 11 is 0. The molecule has 1 atom stereocenters. The highest BCUT2D eigenvalue weighted by Crippen LogP contribution is 2.18. The highest BCUT2D eigenvalue weighted by molar-refractivity contribution is 7.89. The number of sulfonamides is 1. The molecular weight excluding hydrogens is 368 g/mol. The van der Waals surface area contributed by atoms with Gasteiger partial charge in [0.15, 0.2) is 0 Å². The van der Waals surface area contributed by atoms with E-state index in [1.54, 1.807) is 12.1 Å². The number of hydrazone groups is 1. The summed E-state index contributed by atoms with van der Waals surface area (Å²) in [7, 11) is -3.64. The molecule has 1 aromatic rings. The van der Waals surface area contributed by atoms with Crippen LogP contribution in [0.2, 0.25) is 0 Å². The van der Waals surface area contributed by atoms with Gasteiger partial charge in [0, 0.05) is 36.8 Å². The van der Waals surface area contributed by atoms with Crippen molar-refractivity contribution >= 4 is 21.6 Å². The van der Waals surface area contributed by atoms with Crippen LogP contribution in [0.25, 0.3) is 0 Å². The van der Waals surface area contributed by atoms with Crippen molar-refractivity contribution in [3.05, 3.63) is 29.8 Å². The first-order valence-corrected chi connectivity index (χ1v) is 10.7. The molecule has 2 aliphatic rings. The van der Waals surface area contributed by atoms with Crippen LogP contribution in [-0.4, -0.2) is 63.7 Å². The smallest absolute Gasteiger partial charge is 0.271 e. The molecule has 0 saturated carbocycles. The maximum atomic E-state index is 12.7. The predicted molar refractivity (Wildman–Crippen MR) is 102 cm³/mol. The third-order valence-corrected chi connectivity index (χ3v) is 6.82. The van der Waals surface area contributed by atoms with Gasteiger partial charge in [0.2, 0.25) is 10.0 Å². The van der Waals surface area contributed by atoms with Crippen molar-refractivity contribution in [3.63, 3.8) is 0 Å². The summed E-state index contributed by atoms with van der Waals surface area (Å²) in [4.78, 5) is 12.5. The number of morpholine rings is 1. The van der Waals surface area contributed by atoms with Crippen LogP contribution in [0, 0.1) is 5.92 Å². The van der Waals surface area contributed by atoms with Gasteiger partial charge in [0.05, 0.1) is 18.1 Å². The molecule has 1 amide bonds. The summed E-state index contributed by atoms with van der Waals surface area (Å²) in [5.74, 6) is -0.107. The van der Waals surface area contributed by atoms with Crippen LogP contribution in [0.4, 0.5) is 0 Å². The highest BCUT2D eigenvalue weighted by Gasteiger charge is 2.27. The lowest BCUT2D eigenvalue weighted by atomic mass is 9.95. The molecule has 0 spiro atoms. The van der Waals surface area contributed by atoms with Crippen LogP contribution in [0.3, 0.4) is 0 Å². The van der Waals surface area contributed by atoms with Gasteiger partial charge in [-0.25, -0.2) is 13.8 Å². The monoisotopic (exact) mass is 394 g/mol. The Balaban J connectivity index is 1.70. The summed E-state index contributed by atoms with van der Waals surface area (Å²) < 4.78 is 32.1. The van der Waals surface area contributed by atoms with E-state index in [1.165, 1.54) is 16.4 Å². The normalized spacial score (nSPS) is 22.4. The van der Waals surface area contributed by atoms with E-state index in [4.69, 9.17) is 4.74 Å². The molecule has 8 nitrogen and oxygen atoms in total. The number of carbonyl (C=O) groups excluding carboxylic acids is 1. The van der Waals surface area contributed by atoms with E-state index in [9.17, 15) is 13.2 Å². The molecule has 2 saturated heterocycles. The summed E-state index contributed by atoms with van der Waals surface area (Å²) in [5.41, 5.74) is 3.68. The Hall–Kier alpha value is -1.81. The molecule has 3 rings (SSSR count). The van der Waals surface area contributed by atoms with Gasteiger partial charge in [0.1, 0.15) is 0 Å². The van der Waals surface area contributed by atoms with Crippen molar-refractivity contribution in [1.82, 2.24) is 15.0 Å². The third-order valence-electron chi connectivity index (χ3n) is 4.93. The number of benzene rings is 1. The molecule has 2 fully saturated rings. The molecule has 1 aromatic carbocycles. The minimum absolute atomic E-state index is 0.106. The Morgan fingerprint density at radius 2 is 2.11 bits per heavy atom. The summed E-state index contributed by atoms with van der Waals surface area (Å²) in [6.45, 7) is 5.17. The second-order valence-electron chi connectivity index (χ2n) is 6.78. The van der Waals surface area contributed by atoms with Crippen molar-refractivity contribution in [2.24, 2.45) is 11.0 Å². The lowest BCUT2D eigenvalue weighted by molar-refractivity contribution is 0.0730. The number of hydrogen-bond donors (Lipinski definition) is 2. The minimum Gasteiger partial charge on any atom is -0.379 e. The Morgan fingerprint density at radius 1 is 1.33 bits per heavy atom. The Kier molecular flexibility index (Phi) is 6.59. The second-order valence-corrected chi connectivity index (χ2v) is 8.72. The van der Waals surface area contributed by atoms with Crippen LogP contribution in [0.1, 0.15) is 30.1 Å². The first kappa shape index (κ1) is 19.9. The van der Waals surface area contributed by atoms with Crippen molar-refractivity contribution in [1.29, 1.82) is 0 Å². The zero-order chi connectivity index (χ0) is 19.3. The van der Waals surface area contributed by atoms with Crippen molar-refractivity contribution in [2.75, 3.05) is 39.4 Å². The van der Waals surface area contributed by atoms with E-state index in [2.05, 4.69) is 15.8 Å². The van der Waals surface area contributed by atoms with Gasteiger partial charge in [-0.2, -0.15) is 9.41 Å². The van der Waals surface area contributed by atoms with E-state index in [-0.39, 0.29) is 10.5 Å². The second kappa shape index (κ2) is 8.92. The van der Waals surface area contributed by atoms with Gasteiger partial charge >= 0.3 is 0 Å². The molecule has 9 heteroatoms. The molecule has 0 aliphatic carbocycles. The predicted octanol–water partition coefficient (Wildman–Crippen LogP) is 0.813. The van der Waals surface area contributed by atoms with Gasteiger partial charge < -0.3 is 10.1 Å². The van der Waals surface area contributed by atoms with E-state index < -0.39 is 15.9 Å². The third kappa shape index (κ3) is 4.92. The Bertz CT molecular complexity index is 797. The number of nitrogens with one attached hydrogen (secondary N) is 2. The molecule has 2 heterocycles. The molecule has 0 bridgehead atoms. The number of ether oxygens (including phenoxy) is 1. The fraction of sp³-hybridized carbons (Fsp3) is 0.556. The summed E-state index contributed by atoms with van der Waals surface area (Å²) in [6, 6.07) is 6.06. The number of piperidine rings is 1. The molecule has 0 aromatic heterocycles. The van der Waals surface area contributed by atoms with Crippen LogP contribution in [0.5, 0.6) is 0 Å². The lowest BCUT2D eigenvalue weighted by Crippen LogP contribution is -2.40. The first-order chi connectivity index (χ1) is 13.0. The van der Waals surface area contributed by atoms with Gasteiger partial charge in [-0.05, 0) is 44.5 Å². The summed E-state index contributed by atoms with van der Waals surface area (Å²) in [5, 5.41) is 7.52. The fourth-order valence-corrected chi connectivity index (χ4v) is 4.69. The van der Waals surface area contributed by atoms with Gasteiger partial charge in [-0.1, -0.05) is 6.07 Å². The number of hydrogen-bond acceptors (Lipinski definition) is 6. The molecule has 2 N–H and O–H groups in total. The van der Waals surface area contributed by atoms with Gasteiger partial charge in [0.25, 0.3) is 5.91 Å². The average molecular weight is 394 g/mol. The lowest BCUT2D eigenvalue weighted by Gasteiger charge is -2.26. The van der Waals surface area contributed by atoms with Crippen molar-refractivity contribution in [3.8, 4) is 0 Å². The van der Waals surface area contributed by atoms with Crippen molar-refractivity contribution in [2.45, 2.75) is 24.7 Å². The summed E-state index contributed by atoms with van der Waals surface area (Å²) in [6.07, 6.45) is 2.14. The standard InChI is InChI=1S/C18H26N4O4S/c1-14(16-5-3-7-19-13-16)20-21-18(23)15-4-2-6-17(12-15)27(24,25)22-8-10-26-11-9-22/h2,4,6,12,16,19H,3,5,7-11,13H2,1H3,(H,21,23)/b20-14+. The highest BCUT2D eigenvalue weighted by atomic mass is 32.2. The fourth-order valence-electron chi connectivity index (χ4n) is 3.24. The number of carbonyl (C=O) groups is 1. The Morgan fingerprint density at radius 3 is 2.81 bits per heavy atom. The largest absolute Gasteiger partial charge is 0.379 e. The molecule has 27 heavy (non-hydrogen) atoms. The van der Waals surface area contributed by atoms with Crippen LogP contribution in [-0.2, 0) is 14.8 Å². The molecule has 148 valence electrons. The first-order valence-electron chi connectivity index (χ1n) is 9.21. The number of nitrogens with zero attached hydrogens (tertiary/aromatic N) is 2. The van der Waals surface area contributed by atoms with E-state index in [1.807, 2.05) is 6.92 Å². The molecule has 0 radical (unpaired) electrons. The van der Waals surface area contributed by atoms with Gasteiger partial charge in [-0.15, -0.1) is 0 Å². The zero-order valence-electron chi connectivity index (χ0n) is 15.5. The van der Waals surface area contributed by atoms with Crippen LogP contribution in [0.15, 0.2) is 34.3 Å². The minimum atomic E-state index is -3.64. The molecular formula is C18H26N4O4S. The van der Waals surface area contributed by atoms with E-state index in [0.29, 0.717) is 32.2 Å². The Labute approximate surface area is 160 Å². The SMILES string of the molecule is C/C(=N\NC(=O)c1cccc(S(=O)(=O)N2CCOCC2)c1)C1CCCNC1. The average Bonchev–Trinajstić information content (AvgIpc) is 2.73.